The Hall–Kier alpha value is -2.11. The van der Waals surface area contributed by atoms with Gasteiger partial charge in [0.25, 0.3) is 11.8 Å². The first kappa shape index (κ1) is 14.3. The van der Waals surface area contributed by atoms with E-state index in [-0.39, 0.29) is 18.0 Å². The van der Waals surface area contributed by atoms with Crippen LogP contribution in [0.25, 0.3) is 11.7 Å². The van der Waals surface area contributed by atoms with E-state index in [1.165, 1.54) is 19.3 Å². The lowest BCUT2D eigenvalue weighted by atomic mass is 9.49. The molecule has 0 radical (unpaired) electrons. The Morgan fingerprint density at radius 1 is 1.17 bits per heavy atom. The maximum Gasteiger partial charge on any atom is 0.312 e. The number of nitrogens with zero attached hydrogens (tertiary/aromatic N) is 2. The van der Waals surface area contributed by atoms with Crippen LogP contribution in [0.4, 0.5) is 0 Å². The third-order valence-corrected chi connectivity index (χ3v) is 6.00. The molecule has 0 saturated heterocycles. The Morgan fingerprint density at radius 3 is 2.50 bits per heavy atom. The molecule has 0 spiro atoms. The summed E-state index contributed by atoms with van der Waals surface area (Å²) in [5, 5.41) is 7.86. The minimum atomic E-state index is -0.251. The second kappa shape index (κ2) is 5.19. The number of carbonyl (C=O) groups is 1. The van der Waals surface area contributed by atoms with Crippen molar-refractivity contribution in [3.05, 3.63) is 24.3 Å². The predicted molar refractivity (Wildman–Crippen MR) is 82.4 cm³/mol. The van der Waals surface area contributed by atoms with Crippen LogP contribution in [0.5, 0.6) is 0 Å². The number of carbonyl (C=O) groups excluding carboxylic acids is 1. The molecule has 0 aliphatic heterocycles. The average Bonchev–Trinajstić information content (AvgIpc) is 3.22. The number of esters is 1. The number of ether oxygens (including phenoxy) is 1. The van der Waals surface area contributed by atoms with Crippen molar-refractivity contribution in [3.8, 4) is 11.7 Å². The second-order valence-corrected chi connectivity index (χ2v) is 7.75. The molecule has 2 aromatic heterocycles. The van der Waals surface area contributed by atoms with Gasteiger partial charge in [-0.3, -0.25) is 4.79 Å². The molecule has 2 aromatic rings. The van der Waals surface area contributed by atoms with Gasteiger partial charge < -0.3 is 13.6 Å². The number of aromatic nitrogens is 2. The lowest BCUT2D eigenvalue weighted by Crippen LogP contribution is -2.50. The summed E-state index contributed by atoms with van der Waals surface area (Å²) in [4.78, 5) is 12.8. The van der Waals surface area contributed by atoms with Gasteiger partial charge >= 0.3 is 5.97 Å². The molecule has 4 bridgehead atoms. The van der Waals surface area contributed by atoms with Gasteiger partial charge in [-0.2, -0.15) is 0 Å². The zero-order chi connectivity index (χ0) is 16.1. The molecule has 0 amide bonds. The van der Waals surface area contributed by atoms with Gasteiger partial charge in [-0.25, -0.2) is 0 Å². The van der Waals surface area contributed by atoms with Crippen LogP contribution >= 0.6 is 0 Å². The van der Waals surface area contributed by atoms with Gasteiger partial charge in [0.15, 0.2) is 12.4 Å². The summed E-state index contributed by atoms with van der Waals surface area (Å²) in [5.41, 5.74) is -0.251. The molecule has 24 heavy (non-hydrogen) atoms. The Kier molecular flexibility index (Phi) is 3.08. The Bertz CT molecular complexity index is 714. The molecular weight excluding hydrogens is 308 g/mol. The molecule has 4 fully saturated rings. The Labute approximate surface area is 139 Å². The van der Waals surface area contributed by atoms with Crippen molar-refractivity contribution in [2.75, 3.05) is 0 Å². The molecule has 6 heteroatoms. The van der Waals surface area contributed by atoms with Crippen LogP contribution < -0.4 is 0 Å². The van der Waals surface area contributed by atoms with Crippen molar-refractivity contribution in [1.29, 1.82) is 0 Å². The van der Waals surface area contributed by atoms with Crippen LogP contribution in [0.2, 0.25) is 0 Å². The van der Waals surface area contributed by atoms with Crippen molar-refractivity contribution in [2.45, 2.75) is 45.1 Å². The fraction of sp³-hybridized carbons (Fsp3) is 0.611. The van der Waals surface area contributed by atoms with Crippen LogP contribution in [-0.2, 0) is 16.1 Å². The van der Waals surface area contributed by atoms with E-state index in [0.29, 0.717) is 17.5 Å². The van der Waals surface area contributed by atoms with Crippen LogP contribution in [0.3, 0.4) is 0 Å². The number of rotatable bonds is 4. The fourth-order valence-corrected chi connectivity index (χ4v) is 5.45. The molecule has 2 heterocycles. The van der Waals surface area contributed by atoms with Crippen molar-refractivity contribution >= 4 is 5.97 Å². The van der Waals surface area contributed by atoms with Crippen molar-refractivity contribution in [2.24, 2.45) is 23.2 Å². The quantitative estimate of drug-likeness (QED) is 0.798. The lowest BCUT2D eigenvalue weighted by molar-refractivity contribution is -0.173. The Balaban J connectivity index is 1.26. The third kappa shape index (κ3) is 2.27. The highest BCUT2D eigenvalue weighted by atomic mass is 16.5. The van der Waals surface area contributed by atoms with E-state index in [4.69, 9.17) is 13.6 Å². The zero-order valence-electron chi connectivity index (χ0n) is 13.4. The van der Waals surface area contributed by atoms with Crippen molar-refractivity contribution in [1.82, 2.24) is 10.2 Å². The zero-order valence-corrected chi connectivity index (χ0v) is 13.4. The smallest absolute Gasteiger partial charge is 0.312 e. The van der Waals surface area contributed by atoms with E-state index in [1.54, 1.807) is 18.4 Å². The van der Waals surface area contributed by atoms with E-state index in [1.807, 2.05) is 0 Å². The molecule has 4 saturated carbocycles. The highest BCUT2D eigenvalue weighted by Crippen LogP contribution is 2.60. The van der Waals surface area contributed by atoms with Crippen molar-refractivity contribution < 1.29 is 18.4 Å². The minimum absolute atomic E-state index is 0.0360. The molecule has 4 aliphatic carbocycles. The van der Waals surface area contributed by atoms with Crippen molar-refractivity contribution in [3.63, 3.8) is 0 Å². The highest BCUT2D eigenvalue weighted by molar-refractivity contribution is 5.77. The number of hydrogen-bond acceptors (Lipinski definition) is 6. The third-order valence-electron chi connectivity index (χ3n) is 6.00. The minimum Gasteiger partial charge on any atom is -0.459 e. The summed E-state index contributed by atoms with van der Waals surface area (Å²) in [6, 6.07) is 3.50. The summed E-state index contributed by atoms with van der Waals surface area (Å²) in [6.45, 7) is 0.0360. The molecule has 6 rings (SSSR count). The summed E-state index contributed by atoms with van der Waals surface area (Å²) < 4.78 is 16.3. The number of furan rings is 1. The van der Waals surface area contributed by atoms with Gasteiger partial charge in [0.2, 0.25) is 0 Å². The molecule has 6 nitrogen and oxygen atoms in total. The first-order chi connectivity index (χ1) is 11.7. The normalized spacial score (nSPS) is 33.8. The van der Waals surface area contributed by atoms with E-state index in [9.17, 15) is 4.79 Å². The van der Waals surface area contributed by atoms with E-state index < -0.39 is 0 Å². The fourth-order valence-electron chi connectivity index (χ4n) is 5.45. The molecule has 4 aliphatic rings. The summed E-state index contributed by atoms with van der Waals surface area (Å²) in [5.74, 6) is 3.22. The standard InChI is InChI=1S/C18H20N2O4/c21-17(18-7-11-4-12(8-18)6-13(5-11)9-18)23-10-15-19-20-16(24-15)14-2-1-3-22-14/h1-3,11-13H,4-10H2. The monoisotopic (exact) mass is 328 g/mol. The van der Waals surface area contributed by atoms with E-state index >= 15 is 0 Å². The van der Waals surface area contributed by atoms with Gasteiger partial charge in [0, 0.05) is 0 Å². The summed E-state index contributed by atoms with van der Waals surface area (Å²) in [6.07, 6.45) is 8.47. The maximum absolute atomic E-state index is 12.8. The predicted octanol–water partition coefficient (Wildman–Crippen LogP) is 3.59. The highest BCUT2D eigenvalue weighted by Gasteiger charge is 2.55. The van der Waals surface area contributed by atoms with Gasteiger partial charge in [0.1, 0.15) is 0 Å². The van der Waals surface area contributed by atoms with Gasteiger partial charge in [-0.1, -0.05) is 0 Å². The number of hydrogen-bond donors (Lipinski definition) is 0. The molecule has 0 aromatic carbocycles. The maximum atomic E-state index is 12.8. The van der Waals surface area contributed by atoms with Crippen LogP contribution in [0.15, 0.2) is 27.2 Å². The van der Waals surface area contributed by atoms with E-state index in [2.05, 4.69) is 10.2 Å². The molecule has 0 unspecified atom stereocenters. The molecule has 0 atom stereocenters. The first-order valence-electron chi connectivity index (χ1n) is 8.74. The lowest BCUT2D eigenvalue weighted by Gasteiger charge is -2.55. The second-order valence-electron chi connectivity index (χ2n) is 7.75. The van der Waals surface area contributed by atoms with Crippen LogP contribution in [0.1, 0.15) is 44.4 Å². The van der Waals surface area contributed by atoms with Crippen LogP contribution in [0, 0.1) is 23.2 Å². The average molecular weight is 328 g/mol. The van der Waals surface area contributed by atoms with E-state index in [0.717, 1.165) is 37.0 Å². The first-order valence-corrected chi connectivity index (χ1v) is 8.74. The van der Waals surface area contributed by atoms with Gasteiger partial charge in [0.05, 0.1) is 11.7 Å². The summed E-state index contributed by atoms with van der Waals surface area (Å²) in [7, 11) is 0. The molecular formula is C18H20N2O4. The SMILES string of the molecule is O=C(OCc1nnc(-c2ccco2)o1)C12CC3CC(CC(C3)C1)C2. The molecule has 126 valence electrons. The largest absolute Gasteiger partial charge is 0.459 e. The van der Waals surface area contributed by atoms with Gasteiger partial charge in [-0.15, -0.1) is 10.2 Å². The Morgan fingerprint density at radius 2 is 1.88 bits per heavy atom. The van der Waals surface area contributed by atoms with Gasteiger partial charge in [-0.05, 0) is 68.4 Å². The molecule has 0 N–H and O–H groups in total. The van der Waals surface area contributed by atoms with Crippen LogP contribution in [-0.4, -0.2) is 16.2 Å². The topological polar surface area (TPSA) is 78.4 Å². The summed E-state index contributed by atoms with van der Waals surface area (Å²) >= 11 is 0.